The van der Waals surface area contributed by atoms with Gasteiger partial charge in [0, 0.05) is 43.0 Å². The number of ketones is 2. The lowest BCUT2D eigenvalue weighted by Gasteiger charge is -2.35. The van der Waals surface area contributed by atoms with Gasteiger partial charge in [0.05, 0.1) is 42.8 Å². The summed E-state index contributed by atoms with van der Waals surface area (Å²) in [5, 5.41) is 19.9. The van der Waals surface area contributed by atoms with E-state index < -0.39 is 94.4 Å². The maximum Gasteiger partial charge on any atom is 0.450 e. The SMILES string of the molecule is CNCCCCC(NC(=O)CCSC(c1ccccc1)(c1ccccc1)c1ccccc1)C(=O)NCCCCC(NC(=O)CCC(NC(=O)c1ccc(C(Cc2cnc3nc(N)[nH]c(=O)c3n2)C(=O)C(F)(F)F)cc1)C(C)=O)C(=O)OC.CNCCCCC(NC(=O)OCC1c2ccccc2-c2ccccc21)C(=O)OC. The number of unbranched alkanes of at least 4 members (excludes halogenated alkanes) is 3. The minimum atomic E-state index is -5.26. The molecule has 9 rings (SSSR count). The molecule has 0 fully saturated rings. The number of methoxy groups -OCH3 is 2. The van der Waals surface area contributed by atoms with Gasteiger partial charge in [0.25, 0.3) is 11.5 Å². The number of amides is 5. The van der Waals surface area contributed by atoms with Crippen LogP contribution in [-0.2, 0) is 58.9 Å². The van der Waals surface area contributed by atoms with E-state index in [0.717, 1.165) is 85.6 Å². The summed E-state index contributed by atoms with van der Waals surface area (Å²) in [4.78, 5) is 143. The van der Waals surface area contributed by atoms with Gasteiger partial charge in [-0.2, -0.15) is 18.2 Å². The first-order chi connectivity index (χ1) is 53.5. The Hall–Kier alpha value is -11.2. The number of Topliss-reactive ketones (excluding diaryl/α,β-unsaturated/α-hetero) is 2. The van der Waals surface area contributed by atoms with Crippen LogP contribution in [0.25, 0.3) is 22.3 Å². The highest BCUT2D eigenvalue weighted by atomic mass is 32.2. The van der Waals surface area contributed by atoms with Crippen LogP contribution in [0.3, 0.4) is 0 Å². The molecule has 25 nitrogen and oxygen atoms in total. The highest BCUT2D eigenvalue weighted by Gasteiger charge is 2.44. The Morgan fingerprint density at radius 3 is 1.59 bits per heavy atom. The molecule has 0 saturated heterocycles. The van der Waals surface area contributed by atoms with E-state index >= 15 is 0 Å². The lowest BCUT2D eigenvalue weighted by Crippen LogP contribution is -2.47. The van der Waals surface area contributed by atoms with E-state index in [9.17, 15) is 61.1 Å². The fourth-order valence-corrected chi connectivity index (χ4v) is 14.6. The average molecular weight is 1550 g/mol. The second kappa shape index (κ2) is 42.7. The van der Waals surface area contributed by atoms with Crippen LogP contribution in [0.5, 0.6) is 0 Å². The summed E-state index contributed by atoms with van der Waals surface area (Å²) >= 11 is 1.65. The van der Waals surface area contributed by atoms with Crippen molar-refractivity contribution in [3.63, 3.8) is 0 Å². The summed E-state index contributed by atoms with van der Waals surface area (Å²) in [6, 6.07) is 47.7. The molecule has 2 heterocycles. The van der Waals surface area contributed by atoms with Crippen molar-refractivity contribution in [1.29, 1.82) is 0 Å². The number of carbonyl (C=O) groups is 9. The molecule has 5 atom stereocenters. The van der Waals surface area contributed by atoms with Gasteiger partial charge in [0.1, 0.15) is 24.7 Å². The number of alkyl halides is 3. The highest BCUT2D eigenvalue weighted by Crippen LogP contribution is 2.49. The number of thioether (sulfide) groups is 1. The number of fused-ring (bicyclic) bond motifs is 4. The Morgan fingerprint density at radius 1 is 0.577 bits per heavy atom. The minimum absolute atomic E-state index is 0.0136. The van der Waals surface area contributed by atoms with Crippen LogP contribution in [0.4, 0.5) is 23.9 Å². The number of hydrogen-bond acceptors (Lipinski definition) is 20. The smallest absolute Gasteiger partial charge is 0.450 e. The first-order valence-electron chi connectivity index (χ1n) is 36.8. The van der Waals surface area contributed by atoms with Crippen molar-refractivity contribution < 1.29 is 70.5 Å². The molecule has 0 saturated carbocycles. The maximum absolute atomic E-state index is 13.8. The van der Waals surface area contributed by atoms with Crippen LogP contribution in [0.1, 0.15) is 145 Å². The van der Waals surface area contributed by atoms with Gasteiger partial charge in [-0.05, 0) is 155 Å². The van der Waals surface area contributed by atoms with Crippen molar-refractivity contribution in [1.82, 2.24) is 57.2 Å². The van der Waals surface area contributed by atoms with Crippen molar-refractivity contribution in [3.05, 3.63) is 225 Å². The number of H-pyrrole nitrogens is 1. The molecule has 0 radical (unpaired) electrons. The lowest BCUT2D eigenvalue weighted by atomic mass is 9.84. The molecule has 0 spiro atoms. The third-order valence-corrected chi connectivity index (χ3v) is 20.4. The van der Waals surface area contributed by atoms with Gasteiger partial charge in [-0.15, -0.1) is 11.8 Å². The number of aromatic amines is 1. The van der Waals surface area contributed by atoms with Crippen LogP contribution in [0.2, 0.25) is 0 Å². The zero-order valence-corrected chi connectivity index (χ0v) is 63.4. The van der Waals surface area contributed by atoms with E-state index in [1.165, 1.54) is 37.3 Å². The molecule has 588 valence electrons. The van der Waals surface area contributed by atoms with E-state index in [-0.39, 0.29) is 90.5 Å². The molecule has 8 aromatic rings. The zero-order valence-electron chi connectivity index (χ0n) is 62.6. The average Bonchev–Trinajstić information content (AvgIpc) is 1.67. The molecule has 5 amide bonds. The molecule has 0 aliphatic heterocycles. The predicted octanol–water partition coefficient (Wildman–Crippen LogP) is 9.61. The van der Waals surface area contributed by atoms with E-state index in [1.54, 1.807) is 11.8 Å². The Balaban J connectivity index is 0.000000443. The number of anilines is 1. The molecule has 10 N–H and O–H groups in total. The largest absolute Gasteiger partial charge is 0.467 e. The Bertz CT molecular complexity index is 4360. The van der Waals surface area contributed by atoms with Gasteiger partial charge in [-0.3, -0.25) is 38.5 Å². The van der Waals surface area contributed by atoms with Crippen molar-refractivity contribution >= 4 is 82.1 Å². The molecule has 5 unspecified atom stereocenters. The van der Waals surface area contributed by atoms with E-state index in [1.807, 2.05) is 93.0 Å². The fraction of sp³-hybridized carbons (Fsp3) is 0.378. The van der Waals surface area contributed by atoms with Crippen LogP contribution in [0.15, 0.2) is 175 Å². The minimum Gasteiger partial charge on any atom is -0.467 e. The number of carbonyl (C=O) groups excluding carboxylic acids is 9. The second-order valence-corrected chi connectivity index (χ2v) is 27.9. The zero-order chi connectivity index (χ0) is 79.9. The number of ether oxygens (including phenoxy) is 3. The molecule has 111 heavy (non-hydrogen) atoms. The summed E-state index contributed by atoms with van der Waals surface area (Å²) in [6.07, 6.45) is -0.756. The summed E-state index contributed by atoms with van der Waals surface area (Å²) in [5.74, 6) is -7.51. The molecule has 29 heteroatoms. The number of rotatable bonds is 40. The number of benzene rings is 6. The van der Waals surface area contributed by atoms with Crippen molar-refractivity contribution in [2.45, 2.75) is 137 Å². The predicted molar refractivity (Wildman–Crippen MR) is 416 cm³/mol. The number of aromatic nitrogens is 4. The van der Waals surface area contributed by atoms with Gasteiger partial charge >= 0.3 is 24.2 Å². The molecule has 1 aliphatic carbocycles. The Morgan fingerprint density at radius 2 is 1.07 bits per heavy atom. The normalized spacial score (nSPS) is 13.1. The summed E-state index contributed by atoms with van der Waals surface area (Å²) in [7, 11) is 6.21. The number of hydrogen-bond donors (Lipinski definition) is 9. The van der Waals surface area contributed by atoms with Crippen LogP contribution in [-0.4, -0.2) is 164 Å². The Labute approximate surface area is 646 Å². The number of esters is 2. The molecule has 2 aromatic heterocycles. The standard InChI is InChI=1S/C59H67F3N10O9S.C23H28N2O4/c1-37(73)45(70-53(77)39-27-25-38(26-28-39)44(51(76)59(60,61)62)35-43-36-66-52-50(67-43)55(79)72-57(63)71-52)29-30-48(74)69-47(56(80)81-3)24-14-16-33-65-54(78)46(23-13-15-32-64-2)68-49(75)31-34-82-58(40-17-7-4-8-18-40,41-19-9-5-10-20-41)42-21-11-6-12-22-42;1-24-14-8-7-13-21(22(26)28-2)25-23(27)29-15-20-18-11-5-3-9-16(18)17-10-4-6-12-19(17)20/h4-12,17-22,25-28,36,44-47,64H,13-16,23-24,29-35H2,1-3H3,(H,65,78)(H,68,75)(H,69,74)(H,70,77)(H3,63,66,71,72,79);3-6,9-12,20-21,24H,7-8,13-15H2,1-2H3,(H,25,27). The van der Waals surface area contributed by atoms with Crippen LogP contribution < -0.4 is 48.5 Å². The molecule has 6 aromatic carbocycles. The Kier molecular flexibility index (Phi) is 32.9. The summed E-state index contributed by atoms with van der Waals surface area (Å²) in [5.41, 5.74) is 11.8. The number of halogens is 3. The second-order valence-electron chi connectivity index (χ2n) is 26.6. The van der Waals surface area contributed by atoms with Gasteiger partial charge in [0.2, 0.25) is 29.5 Å². The summed E-state index contributed by atoms with van der Waals surface area (Å²) < 4.78 is 56.2. The third-order valence-electron chi connectivity index (χ3n) is 18.9. The monoisotopic (exact) mass is 1540 g/mol. The number of nitrogens with zero attached hydrogens (tertiary/aromatic N) is 3. The van der Waals surface area contributed by atoms with Crippen molar-refractivity contribution in [3.8, 4) is 11.1 Å². The van der Waals surface area contributed by atoms with Crippen molar-refractivity contribution in [2.24, 2.45) is 0 Å². The molecular weight excluding hydrogens is 1450 g/mol. The number of nitrogen functional groups attached to an aromatic ring is 1. The molecule has 1 aliphatic rings. The van der Waals surface area contributed by atoms with Crippen LogP contribution in [0, 0.1) is 0 Å². The first kappa shape index (κ1) is 85.4. The van der Waals surface area contributed by atoms with Gasteiger partial charge in [0.15, 0.2) is 16.9 Å². The first-order valence-corrected chi connectivity index (χ1v) is 37.8. The third kappa shape index (κ3) is 24.4. The maximum atomic E-state index is 13.8. The number of nitrogens with one attached hydrogen (secondary N) is 8. The van der Waals surface area contributed by atoms with Gasteiger partial charge in [-0.1, -0.05) is 152 Å². The quantitative estimate of drug-likeness (QED) is 0.00746. The van der Waals surface area contributed by atoms with Crippen LogP contribution >= 0.6 is 11.8 Å². The van der Waals surface area contributed by atoms with E-state index in [2.05, 4.69) is 118 Å². The van der Waals surface area contributed by atoms with E-state index in [4.69, 9.17) is 19.9 Å². The fourth-order valence-electron chi connectivity index (χ4n) is 13.1. The molecular formula is C82H95F3N12O13S. The van der Waals surface area contributed by atoms with Gasteiger partial charge < -0.3 is 57.2 Å². The van der Waals surface area contributed by atoms with E-state index in [0.29, 0.717) is 37.9 Å². The summed E-state index contributed by atoms with van der Waals surface area (Å²) in [6.45, 7) is 3.22. The van der Waals surface area contributed by atoms with Crippen molar-refractivity contribution in [2.75, 3.05) is 66.0 Å². The van der Waals surface area contributed by atoms with Gasteiger partial charge in [-0.25, -0.2) is 24.4 Å². The molecule has 0 bridgehead atoms. The lowest BCUT2D eigenvalue weighted by molar-refractivity contribution is -0.172. The number of nitrogens with two attached hydrogens (primary N) is 1. The highest BCUT2D eigenvalue weighted by molar-refractivity contribution is 8.00. The topological polar surface area (TPSA) is 363 Å². The number of alkyl carbamates (subject to hydrolysis) is 1.